The molecule has 2 N–H and O–H groups in total. The first-order valence-corrected chi connectivity index (χ1v) is 10.6. The average Bonchev–Trinajstić information content (AvgIpc) is 2.62. The van der Waals surface area contributed by atoms with Crippen LogP contribution in [0.3, 0.4) is 0 Å². The molecule has 1 aromatic carbocycles. The van der Waals surface area contributed by atoms with Gasteiger partial charge in [-0.25, -0.2) is 0 Å². The summed E-state index contributed by atoms with van der Waals surface area (Å²) in [5.41, 5.74) is 11.1. The molecule has 2 aromatic heterocycles. The molecule has 0 aliphatic carbocycles. The summed E-state index contributed by atoms with van der Waals surface area (Å²) in [7, 11) is 0. The lowest BCUT2D eigenvalue weighted by Crippen LogP contribution is -2.03. The zero-order chi connectivity index (χ0) is 17.6. The van der Waals surface area contributed by atoms with Crippen LogP contribution in [0.25, 0.3) is 10.9 Å². The molecule has 3 aromatic rings. The molecule has 0 saturated carbocycles. The van der Waals surface area contributed by atoms with Gasteiger partial charge in [0.2, 0.25) is 0 Å². The predicted molar refractivity (Wildman–Crippen MR) is 112 cm³/mol. The van der Waals surface area contributed by atoms with Gasteiger partial charge in [0.05, 0.1) is 22.6 Å². The summed E-state index contributed by atoms with van der Waals surface area (Å²) < 4.78 is 0. The molecule has 25 heavy (non-hydrogen) atoms. The minimum absolute atomic E-state index is 0.665. The van der Waals surface area contributed by atoms with Crippen LogP contribution in [-0.4, -0.2) is 21.1 Å². The van der Waals surface area contributed by atoms with E-state index in [1.54, 1.807) is 0 Å². The molecule has 0 saturated heterocycles. The number of rotatable bonds is 7. The number of unbranched alkanes of at least 4 members (excludes halogenated alkanes) is 1. The molecule has 0 fully saturated rings. The fourth-order valence-electron chi connectivity index (χ4n) is 2.74. The number of halogens is 1. The van der Waals surface area contributed by atoms with E-state index >= 15 is 0 Å². The third-order valence-corrected chi connectivity index (χ3v) is 6.02. The molecule has 0 spiro atoms. The second kappa shape index (κ2) is 8.68. The Balaban J connectivity index is 1.82. The number of pyridine rings is 2. The zero-order valence-electron chi connectivity index (χ0n) is 14.3. The summed E-state index contributed by atoms with van der Waals surface area (Å²) >= 11 is 5.39. The Bertz CT molecular complexity index is 867. The molecular formula is C20H22BrN3S. The van der Waals surface area contributed by atoms with Gasteiger partial charge in [-0.15, -0.1) is 11.8 Å². The van der Waals surface area contributed by atoms with Crippen molar-refractivity contribution in [1.29, 1.82) is 0 Å². The molecule has 130 valence electrons. The molecule has 0 unspecified atom stereocenters. The average molecular weight is 416 g/mol. The van der Waals surface area contributed by atoms with Crippen molar-refractivity contribution in [2.45, 2.75) is 31.1 Å². The van der Waals surface area contributed by atoms with Crippen LogP contribution in [0.5, 0.6) is 0 Å². The van der Waals surface area contributed by atoms with Gasteiger partial charge >= 0.3 is 0 Å². The normalized spacial score (nSPS) is 11.1. The number of fused-ring (bicyclic) bond motifs is 1. The highest BCUT2D eigenvalue weighted by molar-refractivity contribution is 9.09. The lowest BCUT2D eigenvalue weighted by Gasteiger charge is -2.12. The van der Waals surface area contributed by atoms with Gasteiger partial charge in [0, 0.05) is 28.2 Å². The third-order valence-electron chi connectivity index (χ3n) is 4.22. The summed E-state index contributed by atoms with van der Waals surface area (Å²) in [4.78, 5) is 10.6. The van der Waals surface area contributed by atoms with Gasteiger partial charge in [0.1, 0.15) is 0 Å². The quantitative estimate of drug-likeness (QED) is 0.319. The van der Waals surface area contributed by atoms with Crippen LogP contribution in [0.1, 0.15) is 29.8 Å². The van der Waals surface area contributed by atoms with E-state index in [0.29, 0.717) is 6.42 Å². The van der Waals surface area contributed by atoms with E-state index in [-0.39, 0.29) is 0 Å². The number of para-hydroxylation sites is 1. The lowest BCUT2D eigenvalue weighted by molar-refractivity contribution is 0.911. The Morgan fingerprint density at radius 1 is 1.12 bits per heavy atom. The van der Waals surface area contributed by atoms with Crippen LogP contribution in [0.15, 0.2) is 47.5 Å². The molecule has 0 atom stereocenters. The van der Waals surface area contributed by atoms with E-state index in [1.165, 1.54) is 23.3 Å². The van der Waals surface area contributed by atoms with E-state index in [2.05, 4.69) is 33.9 Å². The smallest absolute Gasteiger partial charge is 0.0707 e. The van der Waals surface area contributed by atoms with Gasteiger partial charge in [-0.3, -0.25) is 9.97 Å². The van der Waals surface area contributed by atoms with E-state index in [0.717, 1.165) is 39.1 Å². The Kier molecular flexibility index (Phi) is 6.32. The number of nitrogens with zero attached hydrogens (tertiary/aromatic N) is 2. The second-order valence-electron chi connectivity index (χ2n) is 6.02. The van der Waals surface area contributed by atoms with Gasteiger partial charge in [-0.2, -0.15) is 0 Å². The van der Waals surface area contributed by atoms with Crippen LogP contribution in [-0.2, 0) is 6.42 Å². The predicted octanol–water partition coefficient (Wildman–Crippen LogP) is 5.38. The van der Waals surface area contributed by atoms with Gasteiger partial charge in [-0.05, 0) is 49.3 Å². The Labute approximate surface area is 161 Å². The number of nitrogens with two attached hydrogens (primary N) is 1. The van der Waals surface area contributed by atoms with Crippen LogP contribution in [0.4, 0.5) is 5.69 Å². The van der Waals surface area contributed by atoms with E-state index in [4.69, 9.17) is 10.7 Å². The van der Waals surface area contributed by atoms with Crippen molar-refractivity contribution in [2.75, 3.05) is 16.8 Å². The van der Waals surface area contributed by atoms with E-state index in [1.807, 2.05) is 48.3 Å². The van der Waals surface area contributed by atoms with Gasteiger partial charge in [0.25, 0.3) is 0 Å². The molecule has 2 heterocycles. The Morgan fingerprint density at radius 3 is 2.80 bits per heavy atom. The molecule has 0 radical (unpaired) electrons. The van der Waals surface area contributed by atoms with E-state index < -0.39 is 0 Å². The highest BCUT2D eigenvalue weighted by Crippen LogP contribution is 2.27. The van der Waals surface area contributed by atoms with Crippen molar-refractivity contribution in [2.24, 2.45) is 0 Å². The first kappa shape index (κ1) is 18.2. The maximum atomic E-state index is 6.24. The van der Waals surface area contributed by atoms with Crippen molar-refractivity contribution in [3.8, 4) is 0 Å². The third kappa shape index (κ3) is 4.53. The van der Waals surface area contributed by atoms with Crippen molar-refractivity contribution in [3.63, 3.8) is 0 Å². The number of benzene rings is 1. The summed E-state index contributed by atoms with van der Waals surface area (Å²) in [6, 6.07) is 12.2. The summed E-state index contributed by atoms with van der Waals surface area (Å²) in [6.07, 6.45) is 4.98. The maximum Gasteiger partial charge on any atom is 0.0707 e. The van der Waals surface area contributed by atoms with Gasteiger partial charge in [0.15, 0.2) is 0 Å². The van der Waals surface area contributed by atoms with Gasteiger partial charge < -0.3 is 5.73 Å². The van der Waals surface area contributed by atoms with Crippen LogP contribution in [0, 0.1) is 6.92 Å². The highest BCUT2D eigenvalue weighted by Gasteiger charge is 2.11. The molecule has 5 heteroatoms. The Hall–Kier alpha value is -1.59. The topological polar surface area (TPSA) is 51.8 Å². The number of thioether (sulfide) groups is 1. The summed E-state index contributed by atoms with van der Waals surface area (Å²) in [5.74, 6) is 1.13. The van der Waals surface area contributed by atoms with Crippen LogP contribution < -0.4 is 5.73 Å². The van der Waals surface area contributed by atoms with Crippen molar-refractivity contribution < 1.29 is 0 Å². The van der Waals surface area contributed by atoms with Crippen molar-refractivity contribution in [1.82, 2.24) is 9.97 Å². The minimum atomic E-state index is 0.665. The summed E-state index contributed by atoms with van der Waals surface area (Å²) in [6.45, 7) is 2.15. The number of hydrogen-bond acceptors (Lipinski definition) is 4. The standard InChI is InChI=1S/C20H22BrN3S/c1-14-18(23-10-8-20(14)25-11-5-4-9-21)13-19-16(22)12-15-6-2-3-7-17(15)24-19/h2-3,6-8,10,12H,4-5,9,11,13,22H2,1H3. The SMILES string of the molecule is Cc1c(SCCCCBr)ccnc1Cc1nc2ccccc2cc1N. The molecule has 3 rings (SSSR count). The molecule has 3 nitrogen and oxygen atoms in total. The number of hydrogen-bond donors (Lipinski definition) is 1. The highest BCUT2D eigenvalue weighted by atomic mass is 79.9. The minimum Gasteiger partial charge on any atom is -0.397 e. The first-order valence-electron chi connectivity index (χ1n) is 8.46. The van der Waals surface area contributed by atoms with Crippen LogP contribution >= 0.6 is 27.7 Å². The van der Waals surface area contributed by atoms with Crippen molar-refractivity contribution in [3.05, 3.63) is 59.5 Å². The molecule has 0 bridgehead atoms. The fraction of sp³-hybridized carbons (Fsp3) is 0.300. The fourth-order valence-corrected chi connectivity index (χ4v) is 4.20. The van der Waals surface area contributed by atoms with Gasteiger partial charge in [-0.1, -0.05) is 34.1 Å². The van der Waals surface area contributed by atoms with Crippen LogP contribution in [0.2, 0.25) is 0 Å². The largest absolute Gasteiger partial charge is 0.397 e. The molecular weight excluding hydrogens is 394 g/mol. The number of alkyl halides is 1. The first-order chi connectivity index (χ1) is 12.2. The van der Waals surface area contributed by atoms with E-state index in [9.17, 15) is 0 Å². The maximum absolute atomic E-state index is 6.24. The monoisotopic (exact) mass is 415 g/mol. The molecule has 0 amide bonds. The summed E-state index contributed by atoms with van der Waals surface area (Å²) in [5, 5.41) is 2.14. The zero-order valence-corrected chi connectivity index (χ0v) is 16.7. The van der Waals surface area contributed by atoms with Crippen molar-refractivity contribution >= 4 is 44.3 Å². The number of nitrogen functional groups attached to an aromatic ring is 1. The number of aromatic nitrogens is 2. The molecule has 0 aliphatic rings. The second-order valence-corrected chi connectivity index (χ2v) is 7.95. The lowest BCUT2D eigenvalue weighted by atomic mass is 10.1. The molecule has 0 aliphatic heterocycles. The number of anilines is 1. The Morgan fingerprint density at radius 2 is 1.96 bits per heavy atom.